The van der Waals surface area contributed by atoms with E-state index in [1.165, 1.54) is 0 Å². The van der Waals surface area contributed by atoms with Gasteiger partial charge in [-0.1, -0.05) is 17.7 Å². The summed E-state index contributed by atoms with van der Waals surface area (Å²) in [5.41, 5.74) is 1.79. The molecule has 0 radical (unpaired) electrons. The Kier molecular flexibility index (Phi) is 3.40. The third-order valence-electron chi connectivity index (χ3n) is 2.46. The standard InChI is InChI=1S/C12H5Br2ClN2S/c13-8-3-1-2-7-10(8)16-12(17-11(7)15)6-4-9(14)18-5-6/h1-5H. The minimum Gasteiger partial charge on any atom is -0.227 e. The Labute approximate surface area is 129 Å². The zero-order valence-electron chi connectivity index (χ0n) is 8.82. The molecule has 2 nitrogen and oxygen atoms in total. The molecule has 0 aliphatic carbocycles. The van der Waals surface area contributed by atoms with E-state index < -0.39 is 0 Å². The maximum absolute atomic E-state index is 6.21. The average molecular weight is 405 g/mol. The Bertz CT molecular complexity index is 742. The predicted molar refractivity (Wildman–Crippen MR) is 83.3 cm³/mol. The van der Waals surface area contributed by atoms with Crippen molar-refractivity contribution in [1.29, 1.82) is 0 Å². The van der Waals surface area contributed by atoms with Crippen molar-refractivity contribution in [3.63, 3.8) is 0 Å². The molecule has 6 heteroatoms. The number of aromatic nitrogens is 2. The van der Waals surface area contributed by atoms with Crippen molar-refractivity contribution in [2.75, 3.05) is 0 Å². The molecule has 0 spiro atoms. The summed E-state index contributed by atoms with van der Waals surface area (Å²) in [5, 5.41) is 3.32. The van der Waals surface area contributed by atoms with Gasteiger partial charge in [-0.05, 0) is 50.1 Å². The van der Waals surface area contributed by atoms with Gasteiger partial charge in [0, 0.05) is 20.8 Å². The third kappa shape index (κ3) is 2.20. The number of fused-ring (bicyclic) bond motifs is 1. The first-order valence-corrected chi connectivity index (χ1v) is 7.85. The van der Waals surface area contributed by atoms with E-state index in [0.29, 0.717) is 11.0 Å². The van der Waals surface area contributed by atoms with Crippen LogP contribution in [0.1, 0.15) is 0 Å². The van der Waals surface area contributed by atoms with Gasteiger partial charge >= 0.3 is 0 Å². The Morgan fingerprint density at radius 1 is 1.17 bits per heavy atom. The van der Waals surface area contributed by atoms with Crippen molar-refractivity contribution >= 4 is 65.7 Å². The van der Waals surface area contributed by atoms with Crippen LogP contribution in [0.25, 0.3) is 22.3 Å². The summed E-state index contributed by atoms with van der Waals surface area (Å²) in [6.07, 6.45) is 0. The lowest BCUT2D eigenvalue weighted by Crippen LogP contribution is -1.91. The van der Waals surface area contributed by atoms with Gasteiger partial charge in [0.05, 0.1) is 9.30 Å². The second-order valence-electron chi connectivity index (χ2n) is 3.61. The van der Waals surface area contributed by atoms with E-state index in [1.807, 2.05) is 29.6 Å². The van der Waals surface area contributed by atoms with Gasteiger partial charge in [0.15, 0.2) is 5.82 Å². The van der Waals surface area contributed by atoms with Crippen LogP contribution in [0.2, 0.25) is 5.15 Å². The molecular weight excluding hydrogens is 399 g/mol. The lowest BCUT2D eigenvalue weighted by atomic mass is 10.2. The van der Waals surface area contributed by atoms with Crippen LogP contribution < -0.4 is 0 Å². The lowest BCUT2D eigenvalue weighted by molar-refractivity contribution is 1.23. The Balaban J connectivity index is 2.29. The lowest BCUT2D eigenvalue weighted by Gasteiger charge is -2.04. The molecule has 0 unspecified atom stereocenters. The highest BCUT2D eigenvalue weighted by Gasteiger charge is 2.11. The summed E-state index contributed by atoms with van der Waals surface area (Å²) in [6, 6.07) is 7.76. The summed E-state index contributed by atoms with van der Waals surface area (Å²) in [7, 11) is 0. The maximum Gasteiger partial charge on any atom is 0.162 e. The van der Waals surface area contributed by atoms with E-state index >= 15 is 0 Å². The van der Waals surface area contributed by atoms with Gasteiger partial charge < -0.3 is 0 Å². The molecule has 0 aliphatic rings. The van der Waals surface area contributed by atoms with Crippen molar-refractivity contribution in [3.8, 4) is 11.4 Å². The number of rotatable bonds is 1. The second-order valence-corrected chi connectivity index (χ2v) is 7.12. The molecule has 2 heterocycles. The van der Waals surface area contributed by atoms with Crippen LogP contribution in [0, 0.1) is 0 Å². The average Bonchev–Trinajstić information content (AvgIpc) is 2.77. The summed E-state index contributed by atoms with van der Waals surface area (Å²) in [6.45, 7) is 0. The third-order valence-corrected chi connectivity index (χ3v) is 4.89. The fourth-order valence-electron chi connectivity index (χ4n) is 1.64. The van der Waals surface area contributed by atoms with Crippen molar-refractivity contribution in [3.05, 3.63) is 43.1 Å². The summed E-state index contributed by atoms with van der Waals surface area (Å²) in [5.74, 6) is 0.640. The Morgan fingerprint density at radius 2 is 2.00 bits per heavy atom. The van der Waals surface area contributed by atoms with Gasteiger partial charge in [-0.25, -0.2) is 9.97 Å². The molecule has 1 aromatic carbocycles. The fraction of sp³-hybridized carbons (Fsp3) is 0. The molecule has 0 atom stereocenters. The summed E-state index contributed by atoms with van der Waals surface area (Å²) < 4.78 is 1.96. The molecule has 0 saturated carbocycles. The van der Waals surface area contributed by atoms with Crippen molar-refractivity contribution in [1.82, 2.24) is 9.97 Å². The van der Waals surface area contributed by atoms with Gasteiger partial charge in [0.25, 0.3) is 0 Å². The van der Waals surface area contributed by atoms with Crippen LogP contribution in [0.15, 0.2) is 37.9 Å². The van der Waals surface area contributed by atoms with E-state index in [9.17, 15) is 0 Å². The van der Waals surface area contributed by atoms with E-state index in [1.54, 1.807) is 11.3 Å². The Hall–Kier alpha value is -0.490. The monoisotopic (exact) mass is 402 g/mol. The van der Waals surface area contributed by atoms with Crippen LogP contribution in [0.5, 0.6) is 0 Å². The van der Waals surface area contributed by atoms with E-state index in [4.69, 9.17) is 11.6 Å². The quantitative estimate of drug-likeness (QED) is 0.498. The zero-order valence-corrected chi connectivity index (χ0v) is 13.6. The van der Waals surface area contributed by atoms with Gasteiger partial charge in [-0.15, -0.1) is 11.3 Å². The molecule has 3 rings (SSSR count). The number of benzene rings is 1. The number of nitrogens with zero attached hydrogens (tertiary/aromatic N) is 2. The highest BCUT2D eigenvalue weighted by Crippen LogP contribution is 2.32. The topological polar surface area (TPSA) is 25.8 Å². The summed E-state index contributed by atoms with van der Waals surface area (Å²) >= 11 is 14.7. The highest BCUT2D eigenvalue weighted by atomic mass is 79.9. The Morgan fingerprint density at radius 3 is 2.72 bits per heavy atom. The molecule has 0 fully saturated rings. The largest absolute Gasteiger partial charge is 0.227 e. The molecule has 90 valence electrons. The van der Waals surface area contributed by atoms with Crippen LogP contribution in [0.3, 0.4) is 0 Å². The van der Waals surface area contributed by atoms with Crippen LogP contribution >= 0.6 is 54.8 Å². The van der Waals surface area contributed by atoms with Crippen molar-refractivity contribution in [2.24, 2.45) is 0 Å². The number of thiophene rings is 1. The fourth-order valence-corrected chi connectivity index (χ4v) is 3.46. The molecular formula is C12H5Br2ClN2S. The molecule has 0 aliphatic heterocycles. The van der Waals surface area contributed by atoms with E-state index in [0.717, 1.165) is 24.7 Å². The highest BCUT2D eigenvalue weighted by molar-refractivity contribution is 9.11. The van der Waals surface area contributed by atoms with Gasteiger partial charge in [-0.3, -0.25) is 0 Å². The van der Waals surface area contributed by atoms with E-state index in [-0.39, 0.29) is 0 Å². The van der Waals surface area contributed by atoms with Crippen LogP contribution in [-0.2, 0) is 0 Å². The first kappa shape index (κ1) is 12.5. The zero-order chi connectivity index (χ0) is 12.7. The number of hydrogen-bond acceptors (Lipinski definition) is 3. The van der Waals surface area contributed by atoms with Gasteiger partial charge in [-0.2, -0.15) is 0 Å². The first-order valence-electron chi connectivity index (χ1n) is 5.01. The predicted octanol–water partition coefficient (Wildman–Crippen LogP) is 5.54. The second kappa shape index (κ2) is 4.89. The molecule has 3 aromatic rings. The molecule has 0 N–H and O–H groups in total. The number of para-hydroxylation sites is 1. The van der Waals surface area contributed by atoms with Gasteiger partial charge in [0.1, 0.15) is 5.15 Å². The minimum absolute atomic E-state index is 0.471. The van der Waals surface area contributed by atoms with Crippen LogP contribution in [-0.4, -0.2) is 9.97 Å². The SMILES string of the molecule is Clc1nc(-c2csc(Br)c2)nc2c(Br)cccc12. The molecule has 0 amide bonds. The number of hydrogen-bond donors (Lipinski definition) is 0. The smallest absolute Gasteiger partial charge is 0.162 e. The minimum atomic E-state index is 0.471. The van der Waals surface area contributed by atoms with Gasteiger partial charge in [0.2, 0.25) is 0 Å². The summed E-state index contributed by atoms with van der Waals surface area (Å²) in [4.78, 5) is 8.91. The van der Waals surface area contributed by atoms with E-state index in [2.05, 4.69) is 41.8 Å². The molecule has 18 heavy (non-hydrogen) atoms. The molecule has 0 saturated heterocycles. The van der Waals surface area contributed by atoms with Crippen molar-refractivity contribution in [2.45, 2.75) is 0 Å². The number of halogens is 3. The normalized spacial score (nSPS) is 11.1. The molecule has 0 bridgehead atoms. The van der Waals surface area contributed by atoms with Crippen LogP contribution in [0.4, 0.5) is 0 Å². The maximum atomic E-state index is 6.21. The first-order chi connectivity index (χ1) is 8.65. The van der Waals surface area contributed by atoms with Crippen molar-refractivity contribution < 1.29 is 0 Å². The molecule has 2 aromatic heterocycles.